The Morgan fingerprint density at radius 2 is 1.86 bits per heavy atom. The van der Waals surface area contributed by atoms with E-state index in [9.17, 15) is 9.59 Å². The molecule has 0 aliphatic carbocycles. The molecule has 0 amide bonds. The van der Waals surface area contributed by atoms with Crippen LogP contribution >= 0.6 is 0 Å². The van der Waals surface area contributed by atoms with E-state index in [2.05, 4.69) is 0 Å². The van der Waals surface area contributed by atoms with Gasteiger partial charge in [0.1, 0.15) is 5.56 Å². The fourth-order valence-electron chi connectivity index (χ4n) is 2.38. The molecule has 0 fully saturated rings. The monoisotopic (exact) mass is 283 g/mol. The molecule has 5 heteroatoms. The maximum absolute atomic E-state index is 11.9. The van der Waals surface area contributed by atoms with E-state index in [4.69, 9.17) is 9.47 Å². The van der Waals surface area contributed by atoms with Crippen molar-refractivity contribution in [2.45, 2.75) is 6.92 Å². The van der Waals surface area contributed by atoms with Crippen molar-refractivity contribution in [3.8, 4) is 5.88 Å². The molecular formula is C16H13NO4. The standard InChI is InChI=1S/C16H13NO4/c1-10(18)21-15-13(16(19)20-2)9-12-8-7-11-5-3-4-6-14(11)17(12)15/h3-9H,1-2H3. The van der Waals surface area contributed by atoms with Gasteiger partial charge in [0.25, 0.3) is 0 Å². The number of ether oxygens (including phenoxy) is 2. The van der Waals surface area contributed by atoms with E-state index in [-0.39, 0.29) is 11.4 Å². The number of benzene rings is 1. The molecule has 0 saturated heterocycles. The van der Waals surface area contributed by atoms with Crippen LogP contribution in [0.15, 0.2) is 42.5 Å². The van der Waals surface area contributed by atoms with Gasteiger partial charge < -0.3 is 9.47 Å². The smallest absolute Gasteiger partial charge is 0.343 e. The summed E-state index contributed by atoms with van der Waals surface area (Å²) >= 11 is 0. The first kappa shape index (κ1) is 13.2. The zero-order valence-electron chi connectivity index (χ0n) is 11.6. The Bertz CT molecular complexity index is 863. The van der Waals surface area contributed by atoms with Crippen molar-refractivity contribution in [3.05, 3.63) is 48.0 Å². The van der Waals surface area contributed by atoms with Crippen molar-refractivity contribution in [1.82, 2.24) is 4.40 Å². The number of aromatic nitrogens is 1. The number of esters is 2. The number of nitrogens with zero attached hydrogens (tertiary/aromatic N) is 1. The Morgan fingerprint density at radius 3 is 2.57 bits per heavy atom. The van der Waals surface area contributed by atoms with Crippen molar-refractivity contribution in [3.63, 3.8) is 0 Å². The topological polar surface area (TPSA) is 57.0 Å². The summed E-state index contributed by atoms with van der Waals surface area (Å²) in [5.41, 5.74) is 1.83. The summed E-state index contributed by atoms with van der Waals surface area (Å²) in [6, 6.07) is 13.1. The zero-order valence-corrected chi connectivity index (χ0v) is 11.6. The number of fused-ring (bicyclic) bond motifs is 3. The fourth-order valence-corrected chi connectivity index (χ4v) is 2.38. The SMILES string of the molecule is COC(=O)c1cc2ccc3ccccc3n2c1OC(C)=O. The van der Waals surface area contributed by atoms with E-state index in [0.29, 0.717) is 0 Å². The third kappa shape index (κ3) is 2.12. The summed E-state index contributed by atoms with van der Waals surface area (Å²) in [5, 5.41) is 0.977. The Labute approximate surface area is 120 Å². The number of hydrogen-bond acceptors (Lipinski definition) is 4. The molecule has 0 bridgehead atoms. The average Bonchev–Trinajstić information content (AvgIpc) is 2.85. The van der Waals surface area contributed by atoms with Gasteiger partial charge >= 0.3 is 11.9 Å². The second-order valence-corrected chi connectivity index (χ2v) is 4.60. The minimum Gasteiger partial charge on any atom is -0.465 e. The van der Waals surface area contributed by atoms with Crippen LogP contribution in [-0.2, 0) is 9.53 Å². The van der Waals surface area contributed by atoms with E-state index in [1.807, 2.05) is 36.4 Å². The fraction of sp³-hybridized carbons (Fsp3) is 0.125. The molecule has 0 radical (unpaired) electrons. The molecule has 1 aromatic carbocycles. The van der Waals surface area contributed by atoms with Crippen LogP contribution in [0, 0.1) is 0 Å². The quantitative estimate of drug-likeness (QED) is 0.679. The van der Waals surface area contributed by atoms with Gasteiger partial charge in [0.05, 0.1) is 18.1 Å². The molecule has 2 aromatic heterocycles. The molecule has 2 heterocycles. The Kier molecular flexibility index (Phi) is 3.10. The molecule has 0 N–H and O–H groups in total. The van der Waals surface area contributed by atoms with E-state index in [1.165, 1.54) is 14.0 Å². The predicted molar refractivity (Wildman–Crippen MR) is 77.6 cm³/mol. The molecule has 0 unspecified atom stereocenters. The van der Waals surface area contributed by atoms with Crippen molar-refractivity contribution >= 4 is 28.4 Å². The van der Waals surface area contributed by atoms with Gasteiger partial charge in [0.15, 0.2) is 0 Å². The molecule has 3 rings (SSSR count). The van der Waals surface area contributed by atoms with Gasteiger partial charge in [-0.2, -0.15) is 0 Å². The second kappa shape index (κ2) is 4.94. The zero-order chi connectivity index (χ0) is 15.0. The van der Waals surface area contributed by atoms with Gasteiger partial charge in [-0.3, -0.25) is 9.20 Å². The van der Waals surface area contributed by atoms with Gasteiger partial charge in [-0.15, -0.1) is 0 Å². The Balaban J connectivity index is 2.41. The first-order chi connectivity index (χ1) is 10.1. The third-order valence-corrected chi connectivity index (χ3v) is 3.24. The number of carbonyl (C=O) groups is 2. The second-order valence-electron chi connectivity index (χ2n) is 4.60. The van der Waals surface area contributed by atoms with E-state index >= 15 is 0 Å². The summed E-state index contributed by atoms with van der Waals surface area (Å²) in [5.74, 6) is -0.853. The van der Waals surface area contributed by atoms with Gasteiger partial charge in [0, 0.05) is 6.92 Å². The summed E-state index contributed by atoms with van der Waals surface area (Å²) in [7, 11) is 1.29. The largest absolute Gasteiger partial charge is 0.465 e. The summed E-state index contributed by atoms with van der Waals surface area (Å²) < 4.78 is 11.7. The van der Waals surface area contributed by atoms with Crippen molar-refractivity contribution in [2.24, 2.45) is 0 Å². The maximum atomic E-state index is 11.9. The lowest BCUT2D eigenvalue weighted by Crippen LogP contribution is -2.09. The first-order valence-electron chi connectivity index (χ1n) is 6.42. The number of rotatable bonds is 2. The van der Waals surface area contributed by atoms with Crippen LogP contribution in [-0.4, -0.2) is 23.4 Å². The molecule has 0 spiro atoms. The highest BCUT2D eigenvalue weighted by Crippen LogP contribution is 2.29. The summed E-state index contributed by atoms with van der Waals surface area (Å²) in [4.78, 5) is 23.3. The average molecular weight is 283 g/mol. The lowest BCUT2D eigenvalue weighted by Gasteiger charge is -2.08. The van der Waals surface area contributed by atoms with E-state index in [0.717, 1.165) is 16.4 Å². The number of pyridine rings is 1. The summed E-state index contributed by atoms with van der Waals surface area (Å²) in [6.45, 7) is 1.30. The number of hydrogen-bond donors (Lipinski definition) is 0. The van der Waals surface area contributed by atoms with Crippen LogP contribution in [0.2, 0.25) is 0 Å². The van der Waals surface area contributed by atoms with Gasteiger partial charge in [-0.25, -0.2) is 4.79 Å². The molecule has 3 aromatic rings. The van der Waals surface area contributed by atoms with Crippen LogP contribution in [0.3, 0.4) is 0 Å². The normalized spacial score (nSPS) is 10.8. The Morgan fingerprint density at radius 1 is 1.10 bits per heavy atom. The highest BCUT2D eigenvalue weighted by molar-refractivity contribution is 5.97. The minimum atomic E-state index is -0.543. The minimum absolute atomic E-state index is 0.182. The molecule has 5 nitrogen and oxygen atoms in total. The number of para-hydroxylation sites is 1. The predicted octanol–water partition coefficient (Wildman–Crippen LogP) is 2.80. The Hall–Kier alpha value is -2.82. The third-order valence-electron chi connectivity index (χ3n) is 3.24. The number of methoxy groups -OCH3 is 1. The lowest BCUT2D eigenvalue weighted by atomic mass is 10.2. The highest BCUT2D eigenvalue weighted by Gasteiger charge is 2.21. The molecule has 0 aliphatic heterocycles. The molecular weight excluding hydrogens is 270 g/mol. The van der Waals surface area contributed by atoms with Gasteiger partial charge in [-0.1, -0.05) is 24.3 Å². The maximum Gasteiger partial charge on any atom is 0.343 e. The van der Waals surface area contributed by atoms with Crippen LogP contribution < -0.4 is 4.74 Å². The van der Waals surface area contributed by atoms with Crippen LogP contribution in [0.25, 0.3) is 16.4 Å². The highest BCUT2D eigenvalue weighted by atomic mass is 16.5. The summed E-state index contributed by atoms with van der Waals surface area (Å²) in [6.07, 6.45) is 0. The van der Waals surface area contributed by atoms with Crippen LogP contribution in [0.5, 0.6) is 5.88 Å². The van der Waals surface area contributed by atoms with E-state index < -0.39 is 11.9 Å². The van der Waals surface area contributed by atoms with Gasteiger partial charge in [-0.05, 0) is 23.6 Å². The first-order valence-corrected chi connectivity index (χ1v) is 6.42. The van der Waals surface area contributed by atoms with Crippen molar-refractivity contribution in [2.75, 3.05) is 7.11 Å². The number of carbonyl (C=O) groups excluding carboxylic acids is 2. The molecule has 0 aliphatic rings. The van der Waals surface area contributed by atoms with E-state index in [1.54, 1.807) is 10.5 Å². The molecule has 0 atom stereocenters. The molecule has 21 heavy (non-hydrogen) atoms. The van der Waals surface area contributed by atoms with Crippen LogP contribution in [0.1, 0.15) is 17.3 Å². The molecule has 106 valence electrons. The lowest BCUT2D eigenvalue weighted by molar-refractivity contribution is -0.132. The van der Waals surface area contributed by atoms with Crippen LogP contribution in [0.4, 0.5) is 0 Å². The molecule has 0 saturated carbocycles. The van der Waals surface area contributed by atoms with Crippen molar-refractivity contribution in [1.29, 1.82) is 0 Å². The van der Waals surface area contributed by atoms with Crippen molar-refractivity contribution < 1.29 is 19.1 Å². The van der Waals surface area contributed by atoms with Gasteiger partial charge in [0.2, 0.25) is 5.88 Å².